The molecule has 0 unspecified atom stereocenters. The van der Waals surface area contributed by atoms with Gasteiger partial charge in [0.1, 0.15) is 5.52 Å². The molecule has 1 amide bonds. The normalized spacial score (nSPS) is 15.2. The van der Waals surface area contributed by atoms with Gasteiger partial charge in [-0.2, -0.15) is 9.97 Å². The van der Waals surface area contributed by atoms with Crippen molar-refractivity contribution in [3.8, 4) is 0 Å². The summed E-state index contributed by atoms with van der Waals surface area (Å²) in [6, 6.07) is 10.5. The lowest BCUT2D eigenvalue weighted by atomic mass is 9.90. The highest BCUT2D eigenvalue weighted by Gasteiger charge is 2.23. The van der Waals surface area contributed by atoms with Crippen molar-refractivity contribution in [3.63, 3.8) is 0 Å². The standard InChI is InChI=1S/C19H21ClN6O/c20-19-24-17(16-18(25-19)23-12-22-16)21-11-15(27)26-8-6-14(7-9-26)10-13-4-2-1-3-5-13/h1-5,12,14H,6-11H2,(H2,21,22,23,24,25). The van der Waals surface area contributed by atoms with Crippen LogP contribution < -0.4 is 5.32 Å². The van der Waals surface area contributed by atoms with Crippen LogP contribution >= 0.6 is 11.6 Å². The number of aromatic nitrogens is 4. The Hall–Kier alpha value is -2.67. The van der Waals surface area contributed by atoms with E-state index in [2.05, 4.69) is 49.5 Å². The lowest BCUT2D eigenvalue weighted by Crippen LogP contribution is -2.41. The summed E-state index contributed by atoms with van der Waals surface area (Å²) in [5.41, 5.74) is 2.49. The Morgan fingerprint density at radius 1 is 1.22 bits per heavy atom. The Balaban J connectivity index is 1.30. The molecule has 1 aliphatic heterocycles. The van der Waals surface area contributed by atoms with Crippen LogP contribution in [0, 0.1) is 5.92 Å². The van der Waals surface area contributed by atoms with Crippen molar-refractivity contribution < 1.29 is 4.79 Å². The molecule has 4 rings (SSSR count). The largest absolute Gasteiger partial charge is 0.359 e. The minimum atomic E-state index is 0.0653. The zero-order chi connectivity index (χ0) is 18.6. The van der Waals surface area contributed by atoms with Crippen LogP contribution in [0.25, 0.3) is 11.2 Å². The van der Waals surface area contributed by atoms with Gasteiger partial charge in [0.05, 0.1) is 12.9 Å². The molecule has 1 aromatic carbocycles. The van der Waals surface area contributed by atoms with Crippen molar-refractivity contribution in [2.75, 3.05) is 25.0 Å². The molecular weight excluding hydrogens is 364 g/mol. The Kier molecular flexibility index (Phi) is 5.20. The van der Waals surface area contributed by atoms with Crippen molar-refractivity contribution in [1.29, 1.82) is 0 Å². The van der Waals surface area contributed by atoms with Crippen molar-refractivity contribution in [3.05, 3.63) is 47.5 Å². The molecule has 8 heteroatoms. The molecule has 0 aliphatic carbocycles. The first-order valence-electron chi connectivity index (χ1n) is 9.11. The zero-order valence-electron chi connectivity index (χ0n) is 14.9. The van der Waals surface area contributed by atoms with Crippen molar-refractivity contribution >= 4 is 34.5 Å². The van der Waals surface area contributed by atoms with Crippen LogP contribution in [0.3, 0.4) is 0 Å². The van der Waals surface area contributed by atoms with E-state index in [1.165, 1.54) is 11.9 Å². The van der Waals surface area contributed by atoms with E-state index in [4.69, 9.17) is 11.6 Å². The average Bonchev–Trinajstić information content (AvgIpc) is 3.15. The molecule has 1 saturated heterocycles. The number of hydrogen-bond acceptors (Lipinski definition) is 5. The Bertz CT molecular complexity index is 920. The quantitative estimate of drug-likeness (QED) is 0.660. The average molecular weight is 385 g/mol. The first-order valence-corrected chi connectivity index (χ1v) is 9.49. The molecule has 0 radical (unpaired) electrons. The fraction of sp³-hybridized carbons (Fsp3) is 0.368. The molecule has 0 saturated carbocycles. The first kappa shape index (κ1) is 17.7. The van der Waals surface area contributed by atoms with Gasteiger partial charge >= 0.3 is 0 Å². The second-order valence-corrected chi connectivity index (χ2v) is 7.15. The molecule has 0 atom stereocenters. The summed E-state index contributed by atoms with van der Waals surface area (Å²) in [6.07, 6.45) is 4.67. The lowest BCUT2D eigenvalue weighted by Gasteiger charge is -2.32. The number of rotatable bonds is 5. The SMILES string of the molecule is O=C(CNc1nc(Cl)nc2nc[nH]c12)N1CCC(Cc2ccccc2)CC1. The summed E-state index contributed by atoms with van der Waals surface area (Å²) >= 11 is 5.92. The summed E-state index contributed by atoms with van der Waals surface area (Å²) in [5, 5.41) is 3.17. The third kappa shape index (κ3) is 4.19. The Morgan fingerprint density at radius 2 is 2.00 bits per heavy atom. The molecule has 0 bridgehead atoms. The van der Waals surface area contributed by atoms with Gasteiger partial charge in [0.2, 0.25) is 11.2 Å². The molecule has 27 heavy (non-hydrogen) atoms. The van der Waals surface area contributed by atoms with Gasteiger partial charge in [0.15, 0.2) is 11.5 Å². The maximum absolute atomic E-state index is 12.6. The second kappa shape index (κ2) is 7.92. The van der Waals surface area contributed by atoms with Crippen LogP contribution in [0.15, 0.2) is 36.7 Å². The maximum atomic E-state index is 12.6. The number of carbonyl (C=O) groups is 1. The van der Waals surface area contributed by atoms with Crippen LogP contribution in [0.4, 0.5) is 5.82 Å². The summed E-state index contributed by atoms with van der Waals surface area (Å²) in [5.74, 6) is 1.19. The number of halogens is 1. The summed E-state index contributed by atoms with van der Waals surface area (Å²) in [4.78, 5) is 29.7. The summed E-state index contributed by atoms with van der Waals surface area (Å²) < 4.78 is 0. The van der Waals surface area contributed by atoms with E-state index in [0.29, 0.717) is 22.9 Å². The highest BCUT2D eigenvalue weighted by molar-refractivity contribution is 6.28. The molecule has 140 valence electrons. The number of H-pyrrole nitrogens is 1. The molecule has 2 N–H and O–H groups in total. The van der Waals surface area contributed by atoms with E-state index in [1.807, 2.05) is 11.0 Å². The minimum Gasteiger partial charge on any atom is -0.359 e. The molecule has 1 fully saturated rings. The third-order valence-corrected chi connectivity index (χ3v) is 5.17. The predicted molar refractivity (Wildman–Crippen MR) is 105 cm³/mol. The number of nitrogens with zero attached hydrogens (tertiary/aromatic N) is 4. The van der Waals surface area contributed by atoms with Crippen LogP contribution in [-0.4, -0.2) is 50.4 Å². The number of nitrogens with one attached hydrogen (secondary N) is 2. The highest BCUT2D eigenvalue weighted by atomic mass is 35.5. The maximum Gasteiger partial charge on any atom is 0.241 e. The molecule has 2 aromatic heterocycles. The first-order chi connectivity index (χ1) is 13.2. The van der Waals surface area contributed by atoms with E-state index in [0.717, 1.165) is 32.4 Å². The second-order valence-electron chi connectivity index (χ2n) is 6.81. The van der Waals surface area contributed by atoms with E-state index in [1.54, 1.807) is 0 Å². The van der Waals surface area contributed by atoms with Crippen molar-refractivity contribution in [2.45, 2.75) is 19.3 Å². The summed E-state index contributed by atoms with van der Waals surface area (Å²) in [7, 11) is 0. The van der Waals surface area contributed by atoms with Crippen molar-refractivity contribution in [1.82, 2.24) is 24.8 Å². The fourth-order valence-corrected chi connectivity index (χ4v) is 3.70. The van der Waals surface area contributed by atoms with Gasteiger partial charge in [-0.15, -0.1) is 0 Å². The number of hydrogen-bond donors (Lipinski definition) is 2. The minimum absolute atomic E-state index is 0.0653. The molecule has 3 heterocycles. The number of benzene rings is 1. The topological polar surface area (TPSA) is 86.8 Å². The fourth-order valence-electron chi connectivity index (χ4n) is 3.54. The number of fused-ring (bicyclic) bond motifs is 1. The van der Waals surface area contributed by atoms with Gasteiger partial charge in [-0.25, -0.2) is 4.98 Å². The number of anilines is 1. The zero-order valence-corrected chi connectivity index (χ0v) is 15.6. The van der Waals surface area contributed by atoms with E-state index in [9.17, 15) is 4.79 Å². The van der Waals surface area contributed by atoms with Crippen molar-refractivity contribution in [2.24, 2.45) is 5.92 Å². The summed E-state index contributed by atoms with van der Waals surface area (Å²) in [6.45, 7) is 1.76. The van der Waals surface area contributed by atoms with Crippen LogP contribution in [-0.2, 0) is 11.2 Å². The molecule has 7 nitrogen and oxygen atoms in total. The number of imidazole rings is 1. The van der Waals surface area contributed by atoms with Gasteiger partial charge in [0.25, 0.3) is 0 Å². The van der Waals surface area contributed by atoms with Gasteiger partial charge in [0, 0.05) is 13.1 Å². The molecule has 0 spiro atoms. The third-order valence-electron chi connectivity index (χ3n) is 5.00. The van der Waals surface area contributed by atoms with Gasteiger partial charge in [-0.3, -0.25) is 4.79 Å². The van der Waals surface area contributed by atoms with Gasteiger partial charge < -0.3 is 15.2 Å². The van der Waals surface area contributed by atoms with Gasteiger partial charge in [-0.05, 0) is 42.3 Å². The Labute approximate surface area is 162 Å². The highest BCUT2D eigenvalue weighted by Crippen LogP contribution is 2.22. The van der Waals surface area contributed by atoms with Crippen LogP contribution in [0.5, 0.6) is 0 Å². The predicted octanol–water partition coefficient (Wildman–Crippen LogP) is 2.90. The van der Waals surface area contributed by atoms with E-state index in [-0.39, 0.29) is 17.7 Å². The molecule has 3 aromatic rings. The lowest BCUT2D eigenvalue weighted by molar-refractivity contribution is -0.130. The Morgan fingerprint density at radius 3 is 2.78 bits per heavy atom. The number of aromatic amines is 1. The van der Waals surface area contributed by atoms with Crippen LogP contribution in [0.2, 0.25) is 5.28 Å². The smallest absolute Gasteiger partial charge is 0.241 e. The number of carbonyl (C=O) groups excluding carboxylic acids is 1. The molecular formula is C19H21ClN6O. The van der Waals surface area contributed by atoms with Crippen LogP contribution in [0.1, 0.15) is 18.4 Å². The van der Waals surface area contributed by atoms with Gasteiger partial charge in [-0.1, -0.05) is 30.3 Å². The number of amides is 1. The van der Waals surface area contributed by atoms with E-state index >= 15 is 0 Å². The number of piperidine rings is 1. The van der Waals surface area contributed by atoms with E-state index < -0.39 is 0 Å². The monoisotopic (exact) mass is 384 g/mol. The molecule has 1 aliphatic rings. The number of likely N-dealkylation sites (tertiary alicyclic amines) is 1.